The summed E-state index contributed by atoms with van der Waals surface area (Å²) < 4.78 is 5.60. The molecule has 1 saturated carbocycles. The predicted molar refractivity (Wildman–Crippen MR) is 85.4 cm³/mol. The summed E-state index contributed by atoms with van der Waals surface area (Å²) in [6.07, 6.45) is 2.42. The highest BCUT2D eigenvalue weighted by molar-refractivity contribution is 5.42. The van der Waals surface area contributed by atoms with E-state index >= 15 is 0 Å². The van der Waals surface area contributed by atoms with Gasteiger partial charge in [0.25, 0.3) is 0 Å². The predicted octanol–water partition coefficient (Wildman–Crippen LogP) is 4.14. The molecule has 2 heteroatoms. The van der Waals surface area contributed by atoms with E-state index in [-0.39, 0.29) is 11.0 Å². The average Bonchev–Trinajstić information content (AvgIpc) is 2.32. The Bertz CT molecular complexity index is 463. The third-order valence-corrected chi connectivity index (χ3v) is 4.27. The third kappa shape index (κ3) is 3.17. The van der Waals surface area contributed by atoms with Crippen molar-refractivity contribution in [1.82, 2.24) is 5.32 Å². The second-order valence-electron chi connectivity index (χ2n) is 8.10. The molecule has 2 rings (SSSR count). The van der Waals surface area contributed by atoms with E-state index < -0.39 is 0 Å². The van der Waals surface area contributed by atoms with Gasteiger partial charge in [-0.2, -0.15) is 0 Å². The first kappa shape index (κ1) is 15.4. The number of hydrogen-bond donors (Lipinski definition) is 1. The molecule has 0 radical (unpaired) electrons. The van der Waals surface area contributed by atoms with E-state index in [1.165, 1.54) is 18.4 Å². The highest BCUT2D eigenvalue weighted by atomic mass is 16.5. The standard InChI is InChI=1S/C18H29NO/c1-16(2,3)19-13-18(11-17(4,5)12-18)14-9-7-8-10-15(14)20-6/h7-10,19H,11-13H2,1-6H3. The van der Waals surface area contributed by atoms with Crippen molar-refractivity contribution in [2.75, 3.05) is 13.7 Å². The van der Waals surface area contributed by atoms with E-state index in [0.29, 0.717) is 5.41 Å². The maximum absolute atomic E-state index is 5.60. The van der Waals surface area contributed by atoms with E-state index in [4.69, 9.17) is 4.74 Å². The zero-order chi connectivity index (χ0) is 15.0. The molecule has 0 spiro atoms. The maximum Gasteiger partial charge on any atom is 0.122 e. The van der Waals surface area contributed by atoms with Gasteiger partial charge < -0.3 is 10.1 Å². The van der Waals surface area contributed by atoms with E-state index in [1.807, 2.05) is 0 Å². The molecular weight excluding hydrogens is 246 g/mol. The number of ether oxygens (including phenoxy) is 1. The van der Waals surface area contributed by atoms with Crippen molar-refractivity contribution in [3.05, 3.63) is 29.8 Å². The smallest absolute Gasteiger partial charge is 0.122 e. The molecule has 0 atom stereocenters. The van der Waals surface area contributed by atoms with E-state index in [2.05, 4.69) is 64.2 Å². The first-order chi connectivity index (χ1) is 9.18. The van der Waals surface area contributed by atoms with Crippen LogP contribution in [0, 0.1) is 5.41 Å². The Hall–Kier alpha value is -1.02. The van der Waals surface area contributed by atoms with Crippen molar-refractivity contribution in [2.24, 2.45) is 5.41 Å². The fraction of sp³-hybridized carbons (Fsp3) is 0.667. The van der Waals surface area contributed by atoms with Gasteiger partial charge in [-0.3, -0.25) is 0 Å². The monoisotopic (exact) mass is 275 g/mol. The van der Waals surface area contributed by atoms with Gasteiger partial charge in [-0.15, -0.1) is 0 Å². The highest BCUT2D eigenvalue weighted by Crippen LogP contribution is 2.56. The molecular formula is C18H29NO. The molecule has 0 unspecified atom stereocenters. The summed E-state index contributed by atoms with van der Waals surface area (Å²) >= 11 is 0. The topological polar surface area (TPSA) is 21.3 Å². The molecule has 1 aromatic rings. The molecule has 0 aromatic heterocycles. The van der Waals surface area contributed by atoms with Crippen LogP contribution in [0.15, 0.2) is 24.3 Å². The van der Waals surface area contributed by atoms with Crippen LogP contribution in [0.3, 0.4) is 0 Å². The second kappa shape index (κ2) is 5.07. The van der Waals surface area contributed by atoms with Gasteiger partial charge >= 0.3 is 0 Å². The van der Waals surface area contributed by atoms with Gasteiger partial charge in [0.05, 0.1) is 7.11 Å². The summed E-state index contributed by atoms with van der Waals surface area (Å²) in [7, 11) is 1.77. The number of benzene rings is 1. The minimum atomic E-state index is 0.148. The lowest BCUT2D eigenvalue weighted by Gasteiger charge is -2.55. The zero-order valence-electron chi connectivity index (χ0n) is 13.8. The molecule has 0 aliphatic heterocycles. The Morgan fingerprint density at radius 3 is 2.25 bits per heavy atom. The van der Waals surface area contributed by atoms with Crippen LogP contribution in [0.1, 0.15) is 53.0 Å². The van der Waals surface area contributed by atoms with Crippen molar-refractivity contribution in [3.8, 4) is 5.75 Å². The van der Waals surface area contributed by atoms with Gasteiger partial charge in [-0.25, -0.2) is 0 Å². The van der Waals surface area contributed by atoms with Crippen LogP contribution in [0.2, 0.25) is 0 Å². The summed E-state index contributed by atoms with van der Waals surface area (Å²) in [6.45, 7) is 12.4. The minimum absolute atomic E-state index is 0.148. The molecule has 1 aliphatic carbocycles. The third-order valence-electron chi connectivity index (χ3n) is 4.27. The van der Waals surface area contributed by atoms with Crippen LogP contribution in [-0.4, -0.2) is 19.2 Å². The first-order valence-electron chi connectivity index (χ1n) is 7.56. The molecule has 1 aromatic carbocycles. The van der Waals surface area contributed by atoms with Crippen LogP contribution in [-0.2, 0) is 5.41 Å². The average molecular weight is 275 g/mol. The summed E-state index contributed by atoms with van der Waals surface area (Å²) in [6, 6.07) is 8.50. The lowest BCUT2D eigenvalue weighted by Crippen LogP contribution is -2.55. The molecule has 2 nitrogen and oxygen atoms in total. The normalized spacial score (nSPS) is 20.3. The number of nitrogens with one attached hydrogen (secondary N) is 1. The zero-order valence-corrected chi connectivity index (χ0v) is 13.8. The molecule has 1 fully saturated rings. The molecule has 112 valence electrons. The molecule has 1 N–H and O–H groups in total. The minimum Gasteiger partial charge on any atom is -0.496 e. The van der Waals surface area contributed by atoms with Gasteiger partial charge in [0.2, 0.25) is 0 Å². The van der Waals surface area contributed by atoms with Crippen LogP contribution in [0.5, 0.6) is 5.75 Å². The molecule has 20 heavy (non-hydrogen) atoms. The number of rotatable bonds is 4. The van der Waals surface area contributed by atoms with Gasteiger partial charge in [0.1, 0.15) is 5.75 Å². The summed E-state index contributed by atoms with van der Waals surface area (Å²) in [4.78, 5) is 0. The van der Waals surface area contributed by atoms with Crippen molar-refractivity contribution in [2.45, 2.75) is 58.4 Å². The molecule has 1 aliphatic rings. The van der Waals surface area contributed by atoms with Crippen LogP contribution in [0.25, 0.3) is 0 Å². The van der Waals surface area contributed by atoms with Crippen LogP contribution in [0.4, 0.5) is 0 Å². The summed E-state index contributed by atoms with van der Waals surface area (Å²) in [5, 5.41) is 3.70. The molecule has 0 amide bonds. The SMILES string of the molecule is COc1ccccc1C1(CNC(C)(C)C)CC(C)(C)C1. The van der Waals surface area contributed by atoms with Gasteiger partial charge in [-0.05, 0) is 45.1 Å². The Balaban J connectivity index is 2.29. The lowest BCUT2D eigenvalue weighted by molar-refractivity contribution is 0.0494. The maximum atomic E-state index is 5.60. The first-order valence-corrected chi connectivity index (χ1v) is 7.56. The van der Waals surface area contributed by atoms with E-state index in [0.717, 1.165) is 12.3 Å². The lowest BCUT2D eigenvalue weighted by atomic mass is 9.51. The fourth-order valence-corrected chi connectivity index (χ4v) is 3.71. The van der Waals surface area contributed by atoms with Crippen molar-refractivity contribution in [3.63, 3.8) is 0 Å². The van der Waals surface area contributed by atoms with Gasteiger partial charge in [0.15, 0.2) is 0 Å². The van der Waals surface area contributed by atoms with E-state index in [1.54, 1.807) is 7.11 Å². The van der Waals surface area contributed by atoms with E-state index in [9.17, 15) is 0 Å². The van der Waals surface area contributed by atoms with Crippen molar-refractivity contribution >= 4 is 0 Å². The van der Waals surface area contributed by atoms with Crippen molar-refractivity contribution in [1.29, 1.82) is 0 Å². The fourth-order valence-electron chi connectivity index (χ4n) is 3.71. The highest BCUT2D eigenvalue weighted by Gasteiger charge is 2.51. The Morgan fingerprint density at radius 1 is 1.15 bits per heavy atom. The quantitative estimate of drug-likeness (QED) is 0.891. The van der Waals surface area contributed by atoms with Gasteiger partial charge in [-0.1, -0.05) is 32.0 Å². The Labute approximate surface area is 123 Å². The molecule has 0 saturated heterocycles. The largest absolute Gasteiger partial charge is 0.496 e. The Kier molecular flexibility index (Phi) is 3.90. The van der Waals surface area contributed by atoms with Crippen molar-refractivity contribution < 1.29 is 4.74 Å². The second-order valence-corrected chi connectivity index (χ2v) is 8.10. The number of methoxy groups -OCH3 is 1. The van der Waals surface area contributed by atoms with Crippen LogP contribution < -0.4 is 10.1 Å². The van der Waals surface area contributed by atoms with Crippen LogP contribution >= 0.6 is 0 Å². The summed E-state index contributed by atoms with van der Waals surface area (Å²) in [5.41, 5.74) is 2.15. The van der Waals surface area contributed by atoms with Gasteiger partial charge in [0, 0.05) is 23.1 Å². The summed E-state index contributed by atoms with van der Waals surface area (Å²) in [5.74, 6) is 1.03. The number of para-hydroxylation sites is 1. The molecule has 0 heterocycles. The number of hydrogen-bond acceptors (Lipinski definition) is 2. The Morgan fingerprint density at radius 2 is 1.75 bits per heavy atom. The molecule has 0 bridgehead atoms.